The van der Waals surface area contributed by atoms with Gasteiger partial charge in [0.15, 0.2) is 5.16 Å². The molecule has 0 spiro atoms. The molecule has 2 amide bonds. The van der Waals surface area contributed by atoms with Crippen LogP contribution in [-0.2, 0) is 22.6 Å². The Bertz CT molecular complexity index is 1190. The van der Waals surface area contributed by atoms with Crippen LogP contribution in [0.4, 0.5) is 11.4 Å². The van der Waals surface area contributed by atoms with E-state index in [1.54, 1.807) is 6.08 Å². The van der Waals surface area contributed by atoms with Crippen LogP contribution in [0, 0.1) is 27.7 Å². The largest absolute Gasteiger partial charge is 0.325 e. The molecule has 0 atom stereocenters. The fraction of sp³-hybridized carbons (Fsp3) is 0.280. The van der Waals surface area contributed by atoms with E-state index in [0.29, 0.717) is 17.5 Å². The highest BCUT2D eigenvalue weighted by Gasteiger charge is 2.17. The summed E-state index contributed by atoms with van der Waals surface area (Å²) in [6, 6.07) is 11.7. The number of allylic oxidation sites excluding steroid dienone is 1. The molecule has 8 heteroatoms. The molecule has 2 aromatic carbocycles. The molecule has 1 heterocycles. The Balaban J connectivity index is 1.64. The number of hydrogen-bond donors (Lipinski definition) is 2. The van der Waals surface area contributed by atoms with E-state index < -0.39 is 0 Å². The number of benzene rings is 2. The van der Waals surface area contributed by atoms with Crippen LogP contribution >= 0.6 is 11.8 Å². The summed E-state index contributed by atoms with van der Waals surface area (Å²) < 4.78 is 1.81. The molecule has 0 aliphatic rings. The van der Waals surface area contributed by atoms with Crippen LogP contribution < -0.4 is 10.6 Å². The summed E-state index contributed by atoms with van der Waals surface area (Å²) in [4.78, 5) is 25.1. The monoisotopic (exact) mass is 463 g/mol. The second-order valence-electron chi connectivity index (χ2n) is 7.93. The number of nitrogens with zero attached hydrogens (tertiary/aromatic N) is 3. The number of anilines is 2. The highest BCUT2D eigenvalue weighted by molar-refractivity contribution is 7.99. The Labute approximate surface area is 198 Å². The van der Waals surface area contributed by atoms with Crippen LogP contribution in [0.2, 0.25) is 0 Å². The first-order valence-corrected chi connectivity index (χ1v) is 11.7. The lowest BCUT2D eigenvalue weighted by atomic mass is 10.1. The molecule has 0 bridgehead atoms. The Morgan fingerprint density at radius 3 is 2.48 bits per heavy atom. The molecular weight excluding hydrogens is 434 g/mol. The van der Waals surface area contributed by atoms with Gasteiger partial charge in [-0.05, 0) is 56.5 Å². The highest BCUT2D eigenvalue weighted by Crippen LogP contribution is 2.21. The average molecular weight is 464 g/mol. The second-order valence-corrected chi connectivity index (χ2v) is 8.87. The zero-order valence-electron chi connectivity index (χ0n) is 19.4. The van der Waals surface area contributed by atoms with Crippen molar-refractivity contribution in [2.45, 2.75) is 45.8 Å². The van der Waals surface area contributed by atoms with Crippen molar-refractivity contribution in [1.82, 2.24) is 14.8 Å². The first-order chi connectivity index (χ1) is 15.8. The van der Waals surface area contributed by atoms with Crippen molar-refractivity contribution in [3.05, 3.63) is 77.1 Å². The summed E-state index contributed by atoms with van der Waals surface area (Å²) in [5.41, 5.74) is 5.88. The number of amides is 2. The maximum Gasteiger partial charge on any atom is 0.234 e. The average Bonchev–Trinajstić information content (AvgIpc) is 3.13. The Kier molecular flexibility index (Phi) is 8.06. The van der Waals surface area contributed by atoms with Gasteiger partial charge in [0.25, 0.3) is 0 Å². The van der Waals surface area contributed by atoms with E-state index in [-0.39, 0.29) is 24.0 Å². The van der Waals surface area contributed by atoms with E-state index in [0.717, 1.165) is 33.6 Å². The summed E-state index contributed by atoms with van der Waals surface area (Å²) in [7, 11) is 0. The van der Waals surface area contributed by atoms with Gasteiger partial charge in [-0.2, -0.15) is 0 Å². The summed E-state index contributed by atoms with van der Waals surface area (Å²) in [5.74, 6) is 0.395. The summed E-state index contributed by atoms with van der Waals surface area (Å²) in [6.45, 7) is 12.2. The molecule has 33 heavy (non-hydrogen) atoms. The fourth-order valence-corrected chi connectivity index (χ4v) is 4.13. The van der Waals surface area contributed by atoms with E-state index in [4.69, 9.17) is 0 Å². The minimum absolute atomic E-state index is 0.0728. The minimum Gasteiger partial charge on any atom is -0.325 e. The number of nitrogens with one attached hydrogen (secondary N) is 2. The zero-order valence-corrected chi connectivity index (χ0v) is 20.3. The first kappa shape index (κ1) is 24.3. The van der Waals surface area contributed by atoms with Gasteiger partial charge >= 0.3 is 0 Å². The van der Waals surface area contributed by atoms with E-state index >= 15 is 0 Å². The Morgan fingerprint density at radius 1 is 1.00 bits per heavy atom. The van der Waals surface area contributed by atoms with Gasteiger partial charge in [-0.1, -0.05) is 47.7 Å². The molecule has 0 aliphatic carbocycles. The third-order valence-corrected chi connectivity index (χ3v) is 6.26. The van der Waals surface area contributed by atoms with Crippen molar-refractivity contribution < 1.29 is 9.59 Å². The Hall–Kier alpha value is -3.39. The van der Waals surface area contributed by atoms with Gasteiger partial charge in [0.05, 0.1) is 12.2 Å². The van der Waals surface area contributed by atoms with Gasteiger partial charge in [-0.25, -0.2) is 0 Å². The van der Waals surface area contributed by atoms with Crippen LogP contribution in [0.25, 0.3) is 0 Å². The third kappa shape index (κ3) is 6.32. The molecule has 0 saturated carbocycles. The smallest absolute Gasteiger partial charge is 0.234 e. The van der Waals surface area contributed by atoms with Crippen molar-refractivity contribution in [3.8, 4) is 0 Å². The predicted octanol–water partition coefficient (Wildman–Crippen LogP) is 4.61. The molecule has 0 aliphatic heterocycles. The molecule has 2 N–H and O–H groups in total. The van der Waals surface area contributed by atoms with Gasteiger partial charge in [-0.3, -0.25) is 9.59 Å². The number of aryl methyl sites for hydroxylation is 3. The van der Waals surface area contributed by atoms with Crippen molar-refractivity contribution in [2.24, 2.45) is 0 Å². The van der Waals surface area contributed by atoms with E-state index in [2.05, 4.69) is 27.4 Å². The lowest BCUT2D eigenvalue weighted by Gasteiger charge is -2.11. The highest BCUT2D eigenvalue weighted by atomic mass is 32.2. The molecule has 3 rings (SSSR count). The molecule has 0 fully saturated rings. The lowest BCUT2D eigenvalue weighted by Crippen LogP contribution is -2.18. The number of hydrogen-bond acceptors (Lipinski definition) is 5. The van der Waals surface area contributed by atoms with Crippen molar-refractivity contribution in [3.63, 3.8) is 0 Å². The van der Waals surface area contributed by atoms with Crippen LogP contribution in [0.5, 0.6) is 0 Å². The number of rotatable bonds is 9. The fourth-order valence-electron chi connectivity index (χ4n) is 3.36. The molecule has 172 valence electrons. The van der Waals surface area contributed by atoms with Crippen LogP contribution in [0.15, 0.2) is 54.2 Å². The van der Waals surface area contributed by atoms with Gasteiger partial charge in [0, 0.05) is 17.9 Å². The van der Waals surface area contributed by atoms with Crippen molar-refractivity contribution in [2.75, 3.05) is 16.4 Å². The normalized spacial score (nSPS) is 10.7. The summed E-state index contributed by atoms with van der Waals surface area (Å²) in [5, 5.41) is 14.8. The quantitative estimate of drug-likeness (QED) is 0.357. The topological polar surface area (TPSA) is 88.9 Å². The molecule has 0 unspecified atom stereocenters. The summed E-state index contributed by atoms with van der Waals surface area (Å²) >= 11 is 1.28. The van der Waals surface area contributed by atoms with Gasteiger partial charge in [0.2, 0.25) is 11.8 Å². The van der Waals surface area contributed by atoms with Gasteiger partial charge < -0.3 is 15.2 Å². The second kappa shape index (κ2) is 11.0. The Morgan fingerprint density at radius 2 is 1.76 bits per heavy atom. The molecule has 0 saturated heterocycles. The molecule has 0 radical (unpaired) electrons. The van der Waals surface area contributed by atoms with Gasteiger partial charge in [-0.15, -0.1) is 16.8 Å². The molecule has 1 aromatic heterocycles. The predicted molar refractivity (Wildman–Crippen MR) is 134 cm³/mol. The lowest BCUT2D eigenvalue weighted by molar-refractivity contribution is -0.116. The van der Waals surface area contributed by atoms with E-state index in [9.17, 15) is 9.59 Å². The summed E-state index contributed by atoms with van der Waals surface area (Å²) in [6.07, 6.45) is 1.79. The van der Waals surface area contributed by atoms with Crippen molar-refractivity contribution >= 4 is 35.0 Å². The molecule has 7 nitrogen and oxygen atoms in total. The van der Waals surface area contributed by atoms with Crippen LogP contribution in [0.1, 0.15) is 28.1 Å². The number of carbonyl (C=O) groups is 2. The third-order valence-electron chi connectivity index (χ3n) is 5.29. The van der Waals surface area contributed by atoms with E-state index in [1.165, 1.54) is 11.8 Å². The number of carbonyl (C=O) groups excluding carboxylic acids is 2. The first-order valence-electron chi connectivity index (χ1n) is 10.7. The molecular formula is C25H29N5O2S. The van der Waals surface area contributed by atoms with Gasteiger partial charge in [0.1, 0.15) is 5.82 Å². The maximum absolute atomic E-state index is 12.6. The van der Waals surface area contributed by atoms with Crippen LogP contribution in [0.3, 0.4) is 0 Å². The number of aromatic nitrogens is 3. The maximum atomic E-state index is 12.6. The standard InChI is InChI=1S/C25H29N5O2S/c1-6-12-30-22(14-23(31)26-20-11-10-16(2)13-18(20)4)28-29-25(30)33-15-24(32)27-21-9-7-8-17(3)19(21)5/h6-11,13H,1,12,14-15H2,2-5H3,(H,26,31)(H,27,32). The van der Waals surface area contributed by atoms with Crippen molar-refractivity contribution in [1.29, 1.82) is 0 Å². The van der Waals surface area contributed by atoms with E-state index in [1.807, 2.05) is 68.7 Å². The van der Waals surface area contributed by atoms with Crippen LogP contribution in [-0.4, -0.2) is 32.3 Å². The SMILES string of the molecule is C=CCn1c(CC(=O)Nc2ccc(C)cc2C)nnc1SCC(=O)Nc1cccc(C)c1C. The zero-order chi connectivity index (χ0) is 24.0. The number of thioether (sulfide) groups is 1. The molecule has 3 aromatic rings. The minimum atomic E-state index is -0.177.